The highest BCUT2D eigenvalue weighted by molar-refractivity contribution is 5.90. The van der Waals surface area contributed by atoms with Crippen LogP contribution >= 0.6 is 0 Å². The number of rotatable bonds is 10. The van der Waals surface area contributed by atoms with Crippen LogP contribution in [-0.4, -0.2) is 4.57 Å². The molecule has 6 aromatic carbocycles. The molecule has 0 N–H and O–H groups in total. The van der Waals surface area contributed by atoms with Gasteiger partial charge in [-0.15, -0.1) is 0 Å². The van der Waals surface area contributed by atoms with Crippen molar-refractivity contribution >= 4 is 34.4 Å². The van der Waals surface area contributed by atoms with E-state index in [0.29, 0.717) is 0 Å². The number of anilines is 4. The first-order valence-corrected chi connectivity index (χ1v) is 20.6. The summed E-state index contributed by atoms with van der Waals surface area (Å²) >= 11 is 0. The molecule has 288 valence electrons. The molecule has 0 fully saturated rings. The van der Waals surface area contributed by atoms with E-state index >= 15 is 0 Å². The molecule has 3 nitrogen and oxygen atoms in total. The van der Waals surface area contributed by atoms with E-state index in [1.54, 1.807) is 0 Å². The minimum atomic E-state index is 0.212. The average Bonchev–Trinajstić information content (AvgIpc) is 3.76. The number of hydrogen-bond acceptors (Lipinski definition) is 2. The van der Waals surface area contributed by atoms with Crippen molar-refractivity contribution in [3.8, 4) is 27.9 Å². The zero-order valence-electron chi connectivity index (χ0n) is 34.3. The Bertz CT molecular complexity index is 2780. The molecule has 0 radical (unpaired) electrons. The third-order valence-corrected chi connectivity index (χ3v) is 12.0. The summed E-state index contributed by atoms with van der Waals surface area (Å²) in [7, 11) is 0. The van der Waals surface area contributed by atoms with Crippen molar-refractivity contribution in [1.29, 1.82) is 0 Å². The van der Waals surface area contributed by atoms with E-state index in [4.69, 9.17) is 0 Å². The van der Waals surface area contributed by atoms with Crippen molar-refractivity contribution in [2.45, 2.75) is 40.0 Å². The zero-order chi connectivity index (χ0) is 40.5. The van der Waals surface area contributed by atoms with Gasteiger partial charge in [-0.25, -0.2) is 0 Å². The standard InChI is InChI=1S/C56H49N3/c1-6-9-21-41(8-3)44-34-45(42-22-13-10-14-23-42)36-46(35-44)43-30-32-49(33-31-43)59-53-29-20-19-28-50(53)51-37-55-52(38-54(51)59)56(40(5)58(55)48-26-17-12-18-27-48)57(39(4)7-2)47-24-15-11-16-25-47/h6-36,38,51H,1,37H2,2-5H3/b21-9-,39-7+,41-8+. The van der Waals surface area contributed by atoms with E-state index in [1.807, 2.05) is 12.2 Å². The molecule has 1 aliphatic heterocycles. The molecular formula is C56H49N3. The van der Waals surface area contributed by atoms with Crippen molar-refractivity contribution in [3.63, 3.8) is 0 Å². The molecule has 9 rings (SSSR count). The van der Waals surface area contributed by atoms with E-state index in [-0.39, 0.29) is 5.92 Å². The third kappa shape index (κ3) is 6.79. The van der Waals surface area contributed by atoms with E-state index in [2.05, 4.69) is 231 Å². The Hall–Kier alpha value is -7.10. The topological polar surface area (TPSA) is 11.4 Å². The Morgan fingerprint density at radius 3 is 1.97 bits per heavy atom. The van der Waals surface area contributed by atoms with Gasteiger partial charge < -0.3 is 14.4 Å². The van der Waals surface area contributed by atoms with Crippen LogP contribution < -0.4 is 9.80 Å². The van der Waals surface area contributed by atoms with Crippen LogP contribution in [-0.2, 0) is 6.42 Å². The van der Waals surface area contributed by atoms with Crippen LogP contribution in [0.1, 0.15) is 54.8 Å². The lowest BCUT2D eigenvalue weighted by atomic mass is 9.87. The van der Waals surface area contributed by atoms with Crippen molar-refractivity contribution < 1.29 is 0 Å². The highest BCUT2D eigenvalue weighted by atomic mass is 15.2. The normalized spacial score (nSPS) is 14.8. The fourth-order valence-electron chi connectivity index (χ4n) is 9.08. The number of allylic oxidation sites excluding steroid dienone is 8. The van der Waals surface area contributed by atoms with E-state index < -0.39 is 0 Å². The minimum Gasteiger partial charge on any atom is -0.315 e. The Morgan fingerprint density at radius 2 is 1.31 bits per heavy atom. The number of para-hydroxylation sites is 3. The monoisotopic (exact) mass is 763 g/mol. The van der Waals surface area contributed by atoms with Crippen molar-refractivity contribution in [3.05, 3.63) is 234 Å². The lowest BCUT2D eigenvalue weighted by Crippen LogP contribution is -2.20. The van der Waals surface area contributed by atoms with Gasteiger partial charge in [-0.2, -0.15) is 0 Å². The summed E-state index contributed by atoms with van der Waals surface area (Å²) in [6, 6.07) is 57.4. The van der Waals surface area contributed by atoms with E-state index in [9.17, 15) is 0 Å². The summed E-state index contributed by atoms with van der Waals surface area (Å²) in [6.07, 6.45) is 13.7. The van der Waals surface area contributed by atoms with E-state index in [0.717, 1.165) is 23.4 Å². The van der Waals surface area contributed by atoms with Crippen molar-refractivity contribution in [2.75, 3.05) is 9.80 Å². The summed E-state index contributed by atoms with van der Waals surface area (Å²) in [5.41, 5.74) is 20.8. The van der Waals surface area contributed by atoms with Gasteiger partial charge in [0.25, 0.3) is 0 Å². The Kier molecular flexibility index (Phi) is 10.2. The van der Waals surface area contributed by atoms with Gasteiger partial charge in [0, 0.05) is 63.4 Å². The summed E-state index contributed by atoms with van der Waals surface area (Å²) in [5.74, 6) is 0.212. The molecule has 1 aliphatic carbocycles. The van der Waals surface area contributed by atoms with Gasteiger partial charge in [-0.1, -0.05) is 134 Å². The minimum absolute atomic E-state index is 0.212. The molecule has 7 aromatic rings. The first-order chi connectivity index (χ1) is 29.0. The van der Waals surface area contributed by atoms with Crippen LogP contribution in [0.15, 0.2) is 206 Å². The maximum atomic E-state index is 3.91. The smallest absolute Gasteiger partial charge is 0.0745 e. The molecule has 1 unspecified atom stereocenters. The lowest BCUT2D eigenvalue weighted by molar-refractivity contribution is 0.751. The molecule has 0 amide bonds. The van der Waals surface area contributed by atoms with Crippen molar-refractivity contribution in [2.24, 2.45) is 0 Å². The SMILES string of the molecule is C=C/C=C\C(=C/C)c1cc(-c2ccccc2)cc(-c2ccc(N3C4=Cc5c(N(/C(C)=C/C)c6ccccc6)c(C)n(-c6ccccc6)c5CC4c4ccccc43)cc2)c1. The second kappa shape index (κ2) is 16.0. The maximum Gasteiger partial charge on any atom is 0.0745 e. The largest absolute Gasteiger partial charge is 0.315 e. The molecule has 0 spiro atoms. The maximum absolute atomic E-state index is 3.91. The molecule has 0 saturated heterocycles. The summed E-state index contributed by atoms with van der Waals surface area (Å²) < 4.78 is 2.50. The predicted molar refractivity (Wildman–Crippen MR) is 252 cm³/mol. The second-order valence-corrected chi connectivity index (χ2v) is 15.3. The first kappa shape index (κ1) is 37.5. The summed E-state index contributed by atoms with van der Waals surface area (Å²) in [6.45, 7) is 12.6. The second-order valence-electron chi connectivity index (χ2n) is 15.3. The molecule has 3 heteroatoms. The fraction of sp³-hybridized carbons (Fsp3) is 0.107. The Labute approximate surface area is 349 Å². The average molecular weight is 764 g/mol. The van der Waals surface area contributed by atoms with Crippen LogP contribution in [0.25, 0.3) is 39.6 Å². The zero-order valence-corrected chi connectivity index (χ0v) is 34.3. The van der Waals surface area contributed by atoms with Gasteiger partial charge in [-0.3, -0.25) is 0 Å². The van der Waals surface area contributed by atoms with Crippen molar-refractivity contribution in [1.82, 2.24) is 4.57 Å². The highest BCUT2D eigenvalue weighted by Gasteiger charge is 2.40. The molecule has 1 atom stereocenters. The van der Waals surface area contributed by atoms with Crippen LogP contribution in [0.4, 0.5) is 22.7 Å². The van der Waals surface area contributed by atoms with Crippen LogP contribution in [0, 0.1) is 6.92 Å². The van der Waals surface area contributed by atoms with Gasteiger partial charge in [0.2, 0.25) is 0 Å². The van der Waals surface area contributed by atoms with Gasteiger partial charge in [0.05, 0.1) is 5.69 Å². The van der Waals surface area contributed by atoms with Gasteiger partial charge >= 0.3 is 0 Å². The van der Waals surface area contributed by atoms with Crippen LogP contribution in [0.2, 0.25) is 0 Å². The van der Waals surface area contributed by atoms with Gasteiger partial charge in [0.1, 0.15) is 0 Å². The lowest BCUT2D eigenvalue weighted by Gasteiger charge is -2.30. The Balaban J connectivity index is 1.19. The quantitative estimate of drug-likeness (QED) is 0.129. The predicted octanol–water partition coefficient (Wildman–Crippen LogP) is 15.2. The number of hydrogen-bond donors (Lipinski definition) is 0. The number of benzene rings is 6. The molecule has 59 heavy (non-hydrogen) atoms. The van der Waals surface area contributed by atoms with Crippen LogP contribution in [0.5, 0.6) is 0 Å². The molecule has 1 aromatic heterocycles. The molecule has 2 heterocycles. The first-order valence-electron chi connectivity index (χ1n) is 20.6. The molecule has 0 bridgehead atoms. The number of fused-ring (bicyclic) bond motifs is 4. The van der Waals surface area contributed by atoms with Gasteiger partial charge in [-0.05, 0) is 133 Å². The fourth-order valence-corrected chi connectivity index (χ4v) is 9.08. The molecular weight excluding hydrogens is 715 g/mol. The highest BCUT2D eigenvalue weighted by Crippen LogP contribution is 2.55. The summed E-state index contributed by atoms with van der Waals surface area (Å²) in [4.78, 5) is 4.95. The third-order valence-electron chi connectivity index (χ3n) is 12.0. The van der Waals surface area contributed by atoms with E-state index in [1.165, 1.54) is 78.8 Å². The number of aromatic nitrogens is 1. The number of nitrogens with zero attached hydrogens (tertiary/aromatic N) is 3. The summed E-state index contributed by atoms with van der Waals surface area (Å²) in [5, 5.41) is 0. The molecule has 0 saturated carbocycles. The van der Waals surface area contributed by atoms with Gasteiger partial charge in [0.15, 0.2) is 0 Å². The Morgan fingerprint density at radius 1 is 0.678 bits per heavy atom. The molecule has 2 aliphatic rings. The van der Waals surface area contributed by atoms with Crippen LogP contribution in [0.3, 0.4) is 0 Å².